The first-order valence-corrected chi connectivity index (χ1v) is 6.62. The van der Waals surface area contributed by atoms with Crippen molar-refractivity contribution < 1.29 is 9.66 Å². The Bertz CT molecular complexity index is 792. The lowest BCUT2D eigenvalue weighted by molar-refractivity contribution is -0.384. The number of rotatable bonds is 4. The van der Waals surface area contributed by atoms with Crippen LogP contribution in [0.5, 0.6) is 5.75 Å². The molecule has 0 bridgehead atoms. The lowest BCUT2D eigenvalue weighted by Crippen LogP contribution is -1.99. The molecule has 1 heterocycles. The average molecular weight is 295 g/mol. The van der Waals surface area contributed by atoms with Crippen molar-refractivity contribution in [3.8, 4) is 22.7 Å². The second-order valence-corrected chi connectivity index (χ2v) is 4.63. The van der Waals surface area contributed by atoms with E-state index in [9.17, 15) is 10.1 Å². The number of nitro groups is 1. The van der Waals surface area contributed by atoms with Crippen molar-refractivity contribution in [3.63, 3.8) is 0 Å². The number of non-ortho nitro benzene ring substituents is 1. The van der Waals surface area contributed by atoms with E-state index >= 15 is 0 Å². The zero-order valence-corrected chi connectivity index (χ0v) is 11.8. The lowest BCUT2D eigenvalue weighted by Gasteiger charge is -2.08. The molecule has 110 valence electrons. The van der Waals surface area contributed by atoms with E-state index in [1.807, 2.05) is 30.3 Å². The summed E-state index contributed by atoms with van der Waals surface area (Å²) >= 11 is 0. The van der Waals surface area contributed by atoms with Crippen LogP contribution in [0.25, 0.3) is 16.9 Å². The number of benzene rings is 2. The first kappa shape index (κ1) is 13.8. The second kappa shape index (κ2) is 5.69. The average Bonchev–Trinajstić information content (AvgIpc) is 3.04. The van der Waals surface area contributed by atoms with Crippen LogP contribution in [0.15, 0.2) is 60.8 Å². The highest BCUT2D eigenvalue weighted by molar-refractivity contribution is 5.63. The zero-order valence-electron chi connectivity index (χ0n) is 11.8. The van der Waals surface area contributed by atoms with E-state index in [0.29, 0.717) is 0 Å². The van der Waals surface area contributed by atoms with E-state index in [0.717, 1.165) is 22.7 Å². The van der Waals surface area contributed by atoms with Gasteiger partial charge in [-0.15, -0.1) is 0 Å². The Balaban J connectivity index is 1.99. The van der Waals surface area contributed by atoms with E-state index < -0.39 is 4.92 Å². The predicted molar refractivity (Wildman–Crippen MR) is 82.2 cm³/mol. The molecule has 0 aliphatic carbocycles. The summed E-state index contributed by atoms with van der Waals surface area (Å²) in [4.78, 5) is 10.3. The van der Waals surface area contributed by atoms with Crippen LogP contribution in [0, 0.1) is 10.1 Å². The molecular formula is C16H13N3O3. The minimum absolute atomic E-state index is 0.0573. The van der Waals surface area contributed by atoms with E-state index in [1.54, 1.807) is 30.1 Å². The van der Waals surface area contributed by atoms with Gasteiger partial charge in [0, 0.05) is 17.7 Å². The first-order valence-electron chi connectivity index (χ1n) is 6.62. The lowest BCUT2D eigenvalue weighted by atomic mass is 10.1. The Labute approximate surface area is 126 Å². The summed E-state index contributed by atoms with van der Waals surface area (Å²) in [7, 11) is 1.62. The van der Waals surface area contributed by atoms with Gasteiger partial charge in [-0.3, -0.25) is 10.1 Å². The molecule has 0 fully saturated rings. The van der Waals surface area contributed by atoms with Gasteiger partial charge in [-0.1, -0.05) is 0 Å². The van der Waals surface area contributed by atoms with Gasteiger partial charge in [-0.25, -0.2) is 4.68 Å². The maximum absolute atomic E-state index is 10.7. The summed E-state index contributed by atoms with van der Waals surface area (Å²) in [5.74, 6) is 0.783. The Morgan fingerprint density at radius 3 is 2.32 bits per heavy atom. The quantitative estimate of drug-likeness (QED) is 0.546. The van der Waals surface area contributed by atoms with Crippen LogP contribution in [0.3, 0.4) is 0 Å². The van der Waals surface area contributed by atoms with Gasteiger partial charge in [-0.05, 0) is 42.5 Å². The van der Waals surface area contributed by atoms with Crippen LogP contribution in [0.2, 0.25) is 0 Å². The largest absolute Gasteiger partial charge is 0.497 e. The number of nitrogens with zero attached hydrogens (tertiary/aromatic N) is 3. The number of hydrogen-bond donors (Lipinski definition) is 0. The third kappa shape index (κ3) is 2.54. The van der Waals surface area contributed by atoms with Crippen LogP contribution in [0.4, 0.5) is 5.69 Å². The van der Waals surface area contributed by atoms with Crippen LogP contribution >= 0.6 is 0 Å². The molecule has 0 aliphatic rings. The van der Waals surface area contributed by atoms with Crippen molar-refractivity contribution >= 4 is 5.69 Å². The summed E-state index contributed by atoms with van der Waals surface area (Å²) in [5, 5.41) is 15.0. The van der Waals surface area contributed by atoms with Crippen LogP contribution in [-0.4, -0.2) is 21.8 Å². The summed E-state index contributed by atoms with van der Waals surface area (Å²) in [6, 6.07) is 15.8. The molecule has 22 heavy (non-hydrogen) atoms. The molecule has 0 unspecified atom stereocenters. The highest BCUT2D eigenvalue weighted by Crippen LogP contribution is 2.25. The minimum atomic E-state index is -0.419. The Hall–Kier alpha value is -3.15. The van der Waals surface area contributed by atoms with Gasteiger partial charge in [0.15, 0.2) is 0 Å². The Morgan fingerprint density at radius 1 is 1.05 bits per heavy atom. The molecule has 3 aromatic rings. The molecule has 3 rings (SSSR count). The van der Waals surface area contributed by atoms with Crippen molar-refractivity contribution in [1.82, 2.24) is 9.78 Å². The standard InChI is InChI=1S/C16H13N3O3/c1-22-15-8-2-12(3-9-15)16-10-11-17-18(16)13-4-6-14(7-5-13)19(20)21/h2-11H,1H3. The summed E-state index contributed by atoms with van der Waals surface area (Å²) in [6.07, 6.45) is 1.70. The number of nitro benzene ring substituents is 1. The molecule has 2 aromatic carbocycles. The summed E-state index contributed by atoms with van der Waals surface area (Å²) in [5.41, 5.74) is 2.71. The van der Waals surface area contributed by atoms with Gasteiger partial charge in [-0.2, -0.15) is 5.10 Å². The predicted octanol–water partition coefficient (Wildman–Crippen LogP) is 3.46. The van der Waals surface area contributed by atoms with Crippen molar-refractivity contribution in [1.29, 1.82) is 0 Å². The maximum Gasteiger partial charge on any atom is 0.269 e. The van der Waals surface area contributed by atoms with Crippen molar-refractivity contribution in [2.45, 2.75) is 0 Å². The van der Waals surface area contributed by atoms with E-state index in [-0.39, 0.29) is 5.69 Å². The number of aromatic nitrogens is 2. The topological polar surface area (TPSA) is 70.2 Å². The van der Waals surface area contributed by atoms with Crippen LogP contribution in [0.1, 0.15) is 0 Å². The van der Waals surface area contributed by atoms with Crippen molar-refractivity contribution in [2.75, 3.05) is 7.11 Å². The van der Waals surface area contributed by atoms with Crippen molar-refractivity contribution in [3.05, 3.63) is 70.9 Å². The first-order chi connectivity index (χ1) is 10.7. The molecule has 0 atom stereocenters. The fourth-order valence-corrected chi connectivity index (χ4v) is 2.20. The molecule has 0 aliphatic heterocycles. The molecule has 0 radical (unpaired) electrons. The smallest absolute Gasteiger partial charge is 0.269 e. The van der Waals surface area contributed by atoms with Crippen LogP contribution < -0.4 is 4.74 Å². The number of ether oxygens (including phenoxy) is 1. The highest BCUT2D eigenvalue weighted by atomic mass is 16.6. The van der Waals surface area contributed by atoms with E-state index in [4.69, 9.17) is 4.74 Å². The second-order valence-electron chi connectivity index (χ2n) is 4.63. The van der Waals surface area contributed by atoms with Gasteiger partial charge in [0.2, 0.25) is 0 Å². The molecule has 6 nitrogen and oxygen atoms in total. The molecule has 0 N–H and O–H groups in total. The summed E-state index contributed by atoms with van der Waals surface area (Å²) in [6.45, 7) is 0. The molecule has 6 heteroatoms. The molecule has 0 saturated carbocycles. The minimum Gasteiger partial charge on any atom is -0.497 e. The fraction of sp³-hybridized carbons (Fsp3) is 0.0625. The highest BCUT2D eigenvalue weighted by Gasteiger charge is 2.10. The molecule has 0 spiro atoms. The fourth-order valence-electron chi connectivity index (χ4n) is 2.20. The van der Waals surface area contributed by atoms with Gasteiger partial charge in [0.05, 0.1) is 29.6 Å². The zero-order chi connectivity index (χ0) is 15.5. The van der Waals surface area contributed by atoms with Gasteiger partial charge >= 0.3 is 0 Å². The van der Waals surface area contributed by atoms with Crippen LogP contribution in [-0.2, 0) is 0 Å². The van der Waals surface area contributed by atoms with E-state index in [1.165, 1.54) is 12.1 Å². The Kier molecular flexibility index (Phi) is 3.57. The van der Waals surface area contributed by atoms with E-state index in [2.05, 4.69) is 5.10 Å². The maximum atomic E-state index is 10.7. The Morgan fingerprint density at radius 2 is 1.73 bits per heavy atom. The van der Waals surface area contributed by atoms with Crippen molar-refractivity contribution in [2.24, 2.45) is 0 Å². The third-order valence-electron chi connectivity index (χ3n) is 3.33. The molecule has 0 saturated heterocycles. The monoisotopic (exact) mass is 295 g/mol. The number of methoxy groups -OCH3 is 1. The third-order valence-corrected chi connectivity index (χ3v) is 3.33. The number of hydrogen-bond acceptors (Lipinski definition) is 4. The molecule has 0 amide bonds. The van der Waals surface area contributed by atoms with Gasteiger partial charge in [0.25, 0.3) is 5.69 Å². The summed E-state index contributed by atoms with van der Waals surface area (Å²) < 4.78 is 6.89. The normalized spacial score (nSPS) is 10.4. The molecular weight excluding hydrogens is 282 g/mol. The molecule has 1 aromatic heterocycles. The van der Waals surface area contributed by atoms with Gasteiger partial charge in [0.1, 0.15) is 5.75 Å². The van der Waals surface area contributed by atoms with Gasteiger partial charge < -0.3 is 4.74 Å². The SMILES string of the molecule is COc1ccc(-c2ccnn2-c2ccc([N+](=O)[O-])cc2)cc1.